The Bertz CT molecular complexity index is 232. The van der Waals surface area contributed by atoms with Crippen LogP contribution in [0.15, 0.2) is 0 Å². The van der Waals surface area contributed by atoms with E-state index in [1.54, 1.807) is 0 Å². The third-order valence-corrected chi connectivity index (χ3v) is 4.00. The molecule has 2 fully saturated rings. The lowest BCUT2D eigenvalue weighted by molar-refractivity contribution is 0.365. The van der Waals surface area contributed by atoms with Crippen LogP contribution in [0.1, 0.15) is 58.3 Å². The fraction of sp³-hybridized carbons (Fsp3) is 0.923. The van der Waals surface area contributed by atoms with E-state index in [2.05, 4.69) is 17.1 Å². The van der Waals surface area contributed by atoms with Crippen molar-refractivity contribution in [2.45, 2.75) is 70.4 Å². The molecule has 0 amide bonds. The Morgan fingerprint density at radius 2 is 1.88 bits per heavy atom. The summed E-state index contributed by atoms with van der Waals surface area (Å²) < 4.78 is 0. The van der Waals surface area contributed by atoms with Crippen molar-refractivity contribution in [3.63, 3.8) is 0 Å². The van der Waals surface area contributed by atoms with E-state index in [0.29, 0.717) is 6.04 Å². The minimum Gasteiger partial charge on any atom is -0.360 e. The van der Waals surface area contributed by atoms with Crippen molar-refractivity contribution in [2.75, 3.05) is 6.54 Å². The van der Waals surface area contributed by atoms with Crippen LogP contribution < -0.4 is 5.32 Å². The molecule has 2 aliphatic carbocycles. The van der Waals surface area contributed by atoms with E-state index in [-0.39, 0.29) is 0 Å². The second-order valence-corrected chi connectivity index (χ2v) is 5.60. The van der Waals surface area contributed by atoms with E-state index in [1.807, 2.05) is 0 Å². The Morgan fingerprint density at radius 1 is 1.19 bits per heavy atom. The first kappa shape index (κ1) is 12.2. The number of hydrogen-bond donors (Lipinski definition) is 1. The molecule has 0 saturated heterocycles. The summed E-state index contributed by atoms with van der Waals surface area (Å²) in [6.07, 6.45) is 10.7. The van der Waals surface area contributed by atoms with Gasteiger partial charge in [-0.2, -0.15) is 0 Å². The molecule has 2 aliphatic rings. The molecular weight excluding hydrogens is 216 g/mol. The first-order valence-electron chi connectivity index (χ1n) is 6.88. The number of rotatable bonds is 4. The molecule has 0 heterocycles. The van der Waals surface area contributed by atoms with E-state index in [4.69, 9.17) is 12.2 Å². The first-order valence-corrected chi connectivity index (χ1v) is 7.29. The molecule has 2 saturated carbocycles. The highest BCUT2D eigenvalue weighted by atomic mass is 32.1. The highest BCUT2D eigenvalue weighted by molar-refractivity contribution is 7.80. The molecule has 0 bridgehead atoms. The molecule has 16 heavy (non-hydrogen) atoms. The zero-order chi connectivity index (χ0) is 11.4. The van der Waals surface area contributed by atoms with Gasteiger partial charge in [0.1, 0.15) is 0 Å². The van der Waals surface area contributed by atoms with E-state index in [9.17, 15) is 0 Å². The van der Waals surface area contributed by atoms with Crippen molar-refractivity contribution < 1.29 is 0 Å². The van der Waals surface area contributed by atoms with Gasteiger partial charge in [0.2, 0.25) is 0 Å². The van der Waals surface area contributed by atoms with Crippen LogP contribution >= 0.6 is 12.2 Å². The summed E-state index contributed by atoms with van der Waals surface area (Å²) in [4.78, 5) is 2.42. The summed E-state index contributed by atoms with van der Waals surface area (Å²) >= 11 is 5.55. The fourth-order valence-corrected chi connectivity index (χ4v) is 2.99. The van der Waals surface area contributed by atoms with Crippen LogP contribution in [0.5, 0.6) is 0 Å². The monoisotopic (exact) mass is 240 g/mol. The van der Waals surface area contributed by atoms with Gasteiger partial charge in [0.15, 0.2) is 5.11 Å². The summed E-state index contributed by atoms with van der Waals surface area (Å²) in [6, 6.07) is 1.41. The average Bonchev–Trinajstić information content (AvgIpc) is 3.11. The minimum absolute atomic E-state index is 0.652. The number of hydrogen-bond acceptors (Lipinski definition) is 1. The van der Waals surface area contributed by atoms with Crippen LogP contribution in [0, 0.1) is 0 Å². The van der Waals surface area contributed by atoms with Crippen molar-refractivity contribution in [3.05, 3.63) is 0 Å². The lowest BCUT2D eigenvalue weighted by atomic mass is 9.96. The molecule has 0 spiro atoms. The molecule has 1 N–H and O–H groups in total. The van der Waals surface area contributed by atoms with Gasteiger partial charge < -0.3 is 10.2 Å². The Labute approximate surface area is 105 Å². The standard InChI is InChI=1S/C13H24N2S/c1-2-10-15(12-8-9-12)13(16)14-11-6-4-3-5-7-11/h11-12H,2-10H2,1H3,(H,14,16). The third-order valence-electron chi connectivity index (χ3n) is 3.65. The summed E-state index contributed by atoms with van der Waals surface area (Å²) in [5, 5.41) is 4.61. The summed E-state index contributed by atoms with van der Waals surface area (Å²) in [5.74, 6) is 0. The van der Waals surface area contributed by atoms with Crippen molar-refractivity contribution >= 4 is 17.3 Å². The Hall–Kier alpha value is -0.310. The van der Waals surface area contributed by atoms with Crippen molar-refractivity contribution in [1.82, 2.24) is 10.2 Å². The molecule has 0 radical (unpaired) electrons. The van der Waals surface area contributed by atoms with Gasteiger partial charge in [-0.15, -0.1) is 0 Å². The van der Waals surface area contributed by atoms with Crippen molar-refractivity contribution in [1.29, 1.82) is 0 Å². The SMILES string of the molecule is CCCN(C(=S)NC1CCCCC1)C1CC1. The predicted molar refractivity (Wildman–Crippen MR) is 72.6 cm³/mol. The Morgan fingerprint density at radius 3 is 2.44 bits per heavy atom. The van der Waals surface area contributed by atoms with Crippen molar-refractivity contribution in [2.24, 2.45) is 0 Å². The van der Waals surface area contributed by atoms with Gasteiger partial charge in [0.25, 0.3) is 0 Å². The average molecular weight is 240 g/mol. The van der Waals surface area contributed by atoms with Crippen LogP contribution in [-0.4, -0.2) is 28.6 Å². The maximum Gasteiger partial charge on any atom is 0.169 e. The van der Waals surface area contributed by atoms with Gasteiger partial charge in [-0.3, -0.25) is 0 Å². The molecule has 0 aromatic carbocycles. The normalized spacial score (nSPS) is 21.8. The van der Waals surface area contributed by atoms with Crippen LogP contribution in [0.4, 0.5) is 0 Å². The van der Waals surface area contributed by atoms with Crippen LogP contribution in [-0.2, 0) is 0 Å². The summed E-state index contributed by atoms with van der Waals surface area (Å²) in [6.45, 7) is 3.36. The molecule has 0 aromatic heterocycles. The summed E-state index contributed by atoms with van der Waals surface area (Å²) in [5.41, 5.74) is 0. The van der Waals surface area contributed by atoms with Gasteiger partial charge >= 0.3 is 0 Å². The Kier molecular flexibility index (Phi) is 4.45. The zero-order valence-electron chi connectivity index (χ0n) is 10.4. The maximum absolute atomic E-state index is 5.55. The van der Waals surface area contributed by atoms with Crippen molar-refractivity contribution in [3.8, 4) is 0 Å². The molecule has 0 aromatic rings. The highest BCUT2D eigenvalue weighted by Crippen LogP contribution is 2.27. The van der Waals surface area contributed by atoms with Gasteiger partial charge in [-0.25, -0.2) is 0 Å². The Balaban J connectivity index is 1.79. The maximum atomic E-state index is 5.55. The molecule has 0 aliphatic heterocycles. The topological polar surface area (TPSA) is 15.3 Å². The molecular formula is C13H24N2S. The largest absolute Gasteiger partial charge is 0.360 e. The molecule has 2 nitrogen and oxygen atoms in total. The lowest BCUT2D eigenvalue weighted by Crippen LogP contribution is -2.46. The fourth-order valence-electron chi connectivity index (χ4n) is 2.58. The summed E-state index contributed by atoms with van der Waals surface area (Å²) in [7, 11) is 0. The predicted octanol–water partition coefficient (Wildman–Crippen LogP) is 3.07. The smallest absolute Gasteiger partial charge is 0.169 e. The number of nitrogens with zero attached hydrogens (tertiary/aromatic N) is 1. The van der Waals surface area contributed by atoms with E-state index in [0.717, 1.165) is 17.7 Å². The van der Waals surface area contributed by atoms with Gasteiger partial charge in [0.05, 0.1) is 0 Å². The second-order valence-electron chi connectivity index (χ2n) is 5.21. The molecule has 92 valence electrons. The highest BCUT2D eigenvalue weighted by Gasteiger charge is 2.30. The van der Waals surface area contributed by atoms with Crippen LogP contribution in [0.25, 0.3) is 0 Å². The lowest BCUT2D eigenvalue weighted by Gasteiger charge is -2.30. The third kappa shape index (κ3) is 3.34. The van der Waals surface area contributed by atoms with E-state index in [1.165, 1.54) is 51.4 Å². The molecule has 0 atom stereocenters. The van der Waals surface area contributed by atoms with E-state index < -0.39 is 0 Å². The molecule has 3 heteroatoms. The van der Waals surface area contributed by atoms with Gasteiger partial charge in [-0.1, -0.05) is 26.2 Å². The number of nitrogens with one attached hydrogen (secondary N) is 1. The minimum atomic E-state index is 0.652. The van der Waals surface area contributed by atoms with Gasteiger partial charge in [-0.05, 0) is 44.3 Å². The molecule has 0 unspecified atom stereocenters. The zero-order valence-corrected chi connectivity index (χ0v) is 11.2. The quantitative estimate of drug-likeness (QED) is 0.760. The second kappa shape index (κ2) is 5.85. The van der Waals surface area contributed by atoms with Gasteiger partial charge in [0, 0.05) is 18.6 Å². The van der Waals surface area contributed by atoms with Crippen LogP contribution in [0.3, 0.4) is 0 Å². The van der Waals surface area contributed by atoms with E-state index >= 15 is 0 Å². The number of thiocarbonyl (C=S) groups is 1. The first-order chi connectivity index (χ1) is 7.81. The molecule has 2 rings (SSSR count). The van der Waals surface area contributed by atoms with Crippen LogP contribution in [0.2, 0.25) is 0 Å².